The Kier molecular flexibility index (Phi) is 3.86. The minimum absolute atomic E-state index is 0.902. The van der Waals surface area contributed by atoms with Crippen molar-refractivity contribution in [3.63, 3.8) is 0 Å². The second-order valence-corrected chi connectivity index (χ2v) is 5.27. The van der Waals surface area contributed by atoms with Crippen molar-refractivity contribution >= 4 is 16.9 Å². The number of hydrogen-bond acceptors (Lipinski definition) is 3. The van der Waals surface area contributed by atoms with Gasteiger partial charge in [-0.2, -0.15) is 0 Å². The molecule has 3 aromatic rings. The van der Waals surface area contributed by atoms with Crippen molar-refractivity contribution in [2.75, 3.05) is 11.9 Å². The molecule has 0 aliphatic carbocycles. The number of fused-ring (bicyclic) bond motifs is 1. The molecule has 2 heterocycles. The lowest BCUT2D eigenvalue weighted by atomic mass is 10.3. The molecular formula is C17H20N4. The van der Waals surface area contributed by atoms with E-state index in [1.807, 2.05) is 31.2 Å². The summed E-state index contributed by atoms with van der Waals surface area (Å²) in [5, 5.41) is 3.36. The average molecular weight is 280 g/mol. The quantitative estimate of drug-likeness (QED) is 0.729. The van der Waals surface area contributed by atoms with Gasteiger partial charge in [0, 0.05) is 25.7 Å². The van der Waals surface area contributed by atoms with Gasteiger partial charge in [-0.15, -0.1) is 0 Å². The molecule has 0 atom stereocenters. The Hall–Kier alpha value is -2.36. The number of para-hydroxylation sites is 2. The van der Waals surface area contributed by atoms with Crippen LogP contribution in [0.4, 0.5) is 5.82 Å². The van der Waals surface area contributed by atoms with Gasteiger partial charge in [-0.1, -0.05) is 18.2 Å². The standard InChI is InChI=1S/C17H20N4/c1-13-7-5-10-16(19-13)18-12-6-11-17-20-14-8-3-4-9-15(14)21(17)2/h3-5,7-10H,6,11-12H2,1-2H3,(H,18,19). The van der Waals surface area contributed by atoms with Crippen molar-refractivity contribution in [1.82, 2.24) is 14.5 Å². The van der Waals surface area contributed by atoms with Crippen LogP contribution in [-0.4, -0.2) is 21.1 Å². The number of nitrogens with one attached hydrogen (secondary N) is 1. The maximum absolute atomic E-state index is 4.69. The summed E-state index contributed by atoms with van der Waals surface area (Å²) in [6, 6.07) is 14.3. The fourth-order valence-corrected chi connectivity index (χ4v) is 2.52. The summed E-state index contributed by atoms with van der Waals surface area (Å²) in [7, 11) is 2.08. The first kappa shape index (κ1) is 13.6. The predicted molar refractivity (Wildman–Crippen MR) is 86.5 cm³/mol. The Morgan fingerprint density at radius 2 is 1.90 bits per heavy atom. The van der Waals surface area contributed by atoms with Gasteiger partial charge in [0.2, 0.25) is 0 Å². The van der Waals surface area contributed by atoms with E-state index in [2.05, 4.69) is 40.1 Å². The van der Waals surface area contributed by atoms with Gasteiger partial charge in [0.05, 0.1) is 11.0 Å². The fraction of sp³-hybridized carbons (Fsp3) is 0.294. The van der Waals surface area contributed by atoms with Crippen LogP contribution >= 0.6 is 0 Å². The molecule has 1 N–H and O–H groups in total. The van der Waals surface area contributed by atoms with Crippen molar-refractivity contribution in [2.24, 2.45) is 7.05 Å². The van der Waals surface area contributed by atoms with E-state index in [0.717, 1.165) is 42.2 Å². The van der Waals surface area contributed by atoms with Crippen molar-refractivity contribution < 1.29 is 0 Å². The van der Waals surface area contributed by atoms with E-state index in [0.29, 0.717) is 0 Å². The van der Waals surface area contributed by atoms with Crippen LogP contribution in [0.1, 0.15) is 17.9 Å². The summed E-state index contributed by atoms with van der Waals surface area (Å²) >= 11 is 0. The Balaban J connectivity index is 1.58. The van der Waals surface area contributed by atoms with Crippen LogP contribution in [0.25, 0.3) is 11.0 Å². The smallest absolute Gasteiger partial charge is 0.126 e. The number of aryl methyl sites for hydroxylation is 3. The second-order valence-electron chi connectivity index (χ2n) is 5.27. The number of pyridine rings is 1. The molecule has 4 heteroatoms. The van der Waals surface area contributed by atoms with E-state index in [1.165, 1.54) is 5.52 Å². The Bertz CT molecular complexity index is 745. The predicted octanol–water partition coefficient (Wildman–Crippen LogP) is 3.32. The van der Waals surface area contributed by atoms with E-state index >= 15 is 0 Å². The normalized spacial score (nSPS) is 11.0. The zero-order valence-electron chi connectivity index (χ0n) is 12.5. The zero-order chi connectivity index (χ0) is 14.7. The molecule has 0 radical (unpaired) electrons. The third-order valence-electron chi connectivity index (χ3n) is 3.65. The summed E-state index contributed by atoms with van der Waals surface area (Å²) in [5.41, 5.74) is 3.31. The SMILES string of the molecule is Cc1cccc(NCCCc2nc3ccccc3n2C)n1. The summed E-state index contributed by atoms with van der Waals surface area (Å²) in [6.07, 6.45) is 2.00. The first-order valence-corrected chi connectivity index (χ1v) is 7.32. The van der Waals surface area contributed by atoms with Crippen LogP contribution in [0.2, 0.25) is 0 Å². The summed E-state index contributed by atoms with van der Waals surface area (Å²) in [6.45, 7) is 2.91. The molecule has 21 heavy (non-hydrogen) atoms. The number of aromatic nitrogens is 3. The molecule has 3 rings (SSSR count). The maximum Gasteiger partial charge on any atom is 0.126 e. The summed E-state index contributed by atoms with van der Waals surface area (Å²) in [5.74, 6) is 2.08. The molecule has 0 saturated heterocycles. The van der Waals surface area contributed by atoms with Gasteiger partial charge in [0.25, 0.3) is 0 Å². The highest BCUT2D eigenvalue weighted by atomic mass is 15.1. The minimum Gasteiger partial charge on any atom is -0.370 e. The van der Waals surface area contributed by atoms with Gasteiger partial charge in [0.1, 0.15) is 11.6 Å². The Morgan fingerprint density at radius 3 is 2.71 bits per heavy atom. The highest BCUT2D eigenvalue weighted by molar-refractivity contribution is 5.75. The van der Waals surface area contributed by atoms with Gasteiger partial charge in [-0.25, -0.2) is 9.97 Å². The molecule has 0 aliphatic rings. The summed E-state index contributed by atoms with van der Waals surface area (Å²) in [4.78, 5) is 9.13. The van der Waals surface area contributed by atoms with E-state index in [9.17, 15) is 0 Å². The molecule has 0 spiro atoms. The third kappa shape index (κ3) is 3.05. The number of hydrogen-bond donors (Lipinski definition) is 1. The van der Waals surface area contributed by atoms with E-state index in [-0.39, 0.29) is 0 Å². The second kappa shape index (κ2) is 5.95. The van der Waals surface area contributed by atoms with Crippen LogP contribution in [0.3, 0.4) is 0 Å². The first-order valence-electron chi connectivity index (χ1n) is 7.32. The molecular weight excluding hydrogens is 260 g/mol. The van der Waals surface area contributed by atoms with E-state index in [4.69, 9.17) is 4.98 Å². The van der Waals surface area contributed by atoms with Crippen LogP contribution < -0.4 is 5.32 Å². The molecule has 108 valence electrons. The number of anilines is 1. The Labute approximate surface area is 124 Å². The number of rotatable bonds is 5. The van der Waals surface area contributed by atoms with Crippen molar-refractivity contribution in [2.45, 2.75) is 19.8 Å². The number of imidazole rings is 1. The molecule has 0 unspecified atom stereocenters. The van der Waals surface area contributed by atoms with Crippen LogP contribution in [0.5, 0.6) is 0 Å². The van der Waals surface area contributed by atoms with E-state index in [1.54, 1.807) is 0 Å². The maximum atomic E-state index is 4.69. The van der Waals surface area contributed by atoms with Crippen LogP contribution in [-0.2, 0) is 13.5 Å². The van der Waals surface area contributed by atoms with Gasteiger partial charge in [-0.05, 0) is 37.6 Å². The monoisotopic (exact) mass is 280 g/mol. The average Bonchev–Trinajstić information content (AvgIpc) is 2.81. The van der Waals surface area contributed by atoms with Crippen molar-refractivity contribution in [3.05, 3.63) is 54.0 Å². The molecule has 0 fully saturated rings. The molecule has 0 saturated carbocycles. The Morgan fingerprint density at radius 1 is 1.05 bits per heavy atom. The van der Waals surface area contributed by atoms with Crippen LogP contribution in [0.15, 0.2) is 42.5 Å². The van der Waals surface area contributed by atoms with Gasteiger partial charge in [-0.3, -0.25) is 0 Å². The lowest BCUT2D eigenvalue weighted by Gasteiger charge is -2.06. The highest BCUT2D eigenvalue weighted by Crippen LogP contribution is 2.15. The zero-order valence-corrected chi connectivity index (χ0v) is 12.5. The topological polar surface area (TPSA) is 42.7 Å². The third-order valence-corrected chi connectivity index (χ3v) is 3.65. The lowest BCUT2D eigenvalue weighted by molar-refractivity contribution is 0.752. The summed E-state index contributed by atoms with van der Waals surface area (Å²) < 4.78 is 2.18. The molecule has 2 aromatic heterocycles. The van der Waals surface area contributed by atoms with Crippen molar-refractivity contribution in [3.8, 4) is 0 Å². The number of benzene rings is 1. The molecule has 0 amide bonds. The van der Waals surface area contributed by atoms with Crippen molar-refractivity contribution in [1.29, 1.82) is 0 Å². The first-order chi connectivity index (χ1) is 10.2. The number of nitrogens with zero attached hydrogens (tertiary/aromatic N) is 3. The molecule has 0 bridgehead atoms. The van der Waals surface area contributed by atoms with Gasteiger partial charge in [0.15, 0.2) is 0 Å². The van der Waals surface area contributed by atoms with Gasteiger partial charge >= 0.3 is 0 Å². The molecule has 0 aliphatic heterocycles. The molecule has 1 aromatic carbocycles. The minimum atomic E-state index is 0.902. The molecule has 4 nitrogen and oxygen atoms in total. The van der Waals surface area contributed by atoms with E-state index < -0.39 is 0 Å². The lowest BCUT2D eigenvalue weighted by Crippen LogP contribution is -2.07. The highest BCUT2D eigenvalue weighted by Gasteiger charge is 2.06. The largest absolute Gasteiger partial charge is 0.370 e. The fourth-order valence-electron chi connectivity index (χ4n) is 2.52. The van der Waals surface area contributed by atoms with Crippen LogP contribution in [0, 0.1) is 6.92 Å². The van der Waals surface area contributed by atoms with Gasteiger partial charge < -0.3 is 9.88 Å².